The fraction of sp³-hybridized carbons (Fsp3) is 0.667. The Labute approximate surface area is 159 Å². The van der Waals surface area contributed by atoms with Crippen molar-refractivity contribution in [2.75, 3.05) is 49.6 Å². The number of hydrogen-bond donors (Lipinski definition) is 1. The normalized spacial score (nSPS) is 21.1. The number of nitrogens with one attached hydrogen (secondary N) is 1. The van der Waals surface area contributed by atoms with Crippen LogP contribution in [0.5, 0.6) is 0 Å². The molecule has 2 aliphatic rings. The van der Waals surface area contributed by atoms with Crippen LogP contribution in [0.1, 0.15) is 37.9 Å². The number of aromatic nitrogens is 4. The third kappa shape index (κ3) is 4.54. The van der Waals surface area contributed by atoms with Gasteiger partial charge in [0.25, 0.3) is 0 Å². The van der Waals surface area contributed by atoms with Gasteiger partial charge in [0.05, 0.1) is 19.8 Å². The molecule has 0 aromatic carbocycles. The average Bonchev–Trinajstić information content (AvgIpc) is 3.33. The Morgan fingerprint density at radius 2 is 2.07 bits per heavy atom. The predicted molar refractivity (Wildman–Crippen MR) is 101 cm³/mol. The molecule has 2 aromatic rings. The monoisotopic (exact) mass is 373 g/mol. The Morgan fingerprint density at radius 1 is 1.22 bits per heavy atom. The molecule has 146 valence electrons. The SMILES string of the molecule is CC(C)c1noc(CN2CCC(Nc3nccc(N4CCOCC4)n3)C2)n1. The quantitative estimate of drug-likeness (QED) is 0.808. The maximum absolute atomic E-state index is 5.41. The maximum Gasteiger partial charge on any atom is 0.240 e. The van der Waals surface area contributed by atoms with E-state index in [-0.39, 0.29) is 5.92 Å². The summed E-state index contributed by atoms with van der Waals surface area (Å²) in [7, 11) is 0. The molecule has 9 heteroatoms. The van der Waals surface area contributed by atoms with Crippen molar-refractivity contribution in [2.24, 2.45) is 0 Å². The van der Waals surface area contributed by atoms with Gasteiger partial charge in [0.15, 0.2) is 5.82 Å². The van der Waals surface area contributed by atoms with E-state index in [4.69, 9.17) is 9.26 Å². The molecule has 0 saturated carbocycles. The van der Waals surface area contributed by atoms with E-state index < -0.39 is 0 Å². The number of rotatable bonds is 6. The van der Waals surface area contributed by atoms with Gasteiger partial charge in [-0.15, -0.1) is 0 Å². The Balaban J connectivity index is 1.31. The van der Waals surface area contributed by atoms with E-state index >= 15 is 0 Å². The number of ether oxygens (including phenoxy) is 1. The molecular weight excluding hydrogens is 346 g/mol. The Morgan fingerprint density at radius 3 is 2.85 bits per heavy atom. The molecule has 2 aliphatic heterocycles. The molecule has 27 heavy (non-hydrogen) atoms. The molecule has 0 amide bonds. The van der Waals surface area contributed by atoms with E-state index in [1.165, 1.54) is 0 Å². The van der Waals surface area contributed by atoms with Crippen molar-refractivity contribution in [3.8, 4) is 0 Å². The molecule has 2 saturated heterocycles. The van der Waals surface area contributed by atoms with Crippen LogP contribution in [0, 0.1) is 0 Å². The molecule has 0 spiro atoms. The van der Waals surface area contributed by atoms with Gasteiger partial charge in [-0.25, -0.2) is 4.98 Å². The highest BCUT2D eigenvalue weighted by Gasteiger charge is 2.25. The number of anilines is 2. The summed E-state index contributed by atoms with van der Waals surface area (Å²) in [6, 6.07) is 2.27. The summed E-state index contributed by atoms with van der Waals surface area (Å²) in [6.07, 6.45) is 2.86. The number of hydrogen-bond acceptors (Lipinski definition) is 9. The van der Waals surface area contributed by atoms with Gasteiger partial charge in [-0.3, -0.25) is 4.90 Å². The summed E-state index contributed by atoms with van der Waals surface area (Å²) in [5, 5.41) is 7.51. The van der Waals surface area contributed by atoms with Crippen LogP contribution in [0.3, 0.4) is 0 Å². The summed E-state index contributed by atoms with van der Waals surface area (Å²) in [4.78, 5) is 18.1. The van der Waals surface area contributed by atoms with Gasteiger partial charge in [0.1, 0.15) is 5.82 Å². The average molecular weight is 373 g/mol. The lowest BCUT2D eigenvalue weighted by atomic mass is 10.2. The van der Waals surface area contributed by atoms with Crippen LogP contribution in [-0.2, 0) is 11.3 Å². The first-order chi connectivity index (χ1) is 13.2. The van der Waals surface area contributed by atoms with Gasteiger partial charge in [-0.05, 0) is 12.5 Å². The second kappa shape index (κ2) is 8.18. The second-order valence-electron chi connectivity index (χ2n) is 7.40. The third-order valence-electron chi connectivity index (χ3n) is 4.94. The van der Waals surface area contributed by atoms with E-state index in [2.05, 4.69) is 49.1 Å². The van der Waals surface area contributed by atoms with E-state index in [0.717, 1.165) is 57.5 Å². The fourth-order valence-electron chi connectivity index (χ4n) is 3.42. The molecule has 0 radical (unpaired) electrons. The van der Waals surface area contributed by atoms with Gasteiger partial charge in [0.2, 0.25) is 11.8 Å². The van der Waals surface area contributed by atoms with Crippen molar-refractivity contribution in [3.05, 3.63) is 24.0 Å². The van der Waals surface area contributed by atoms with E-state index in [1.54, 1.807) is 0 Å². The van der Waals surface area contributed by atoms with E-state index in [0.29, 0.717) is 24.4 Å². The number of nitrogens with zero attached hydrogens (tertiary/aromatic N) is 6. The molecule has 2 fully saturated rings. The van der Waals surface area contributed by atoms with Crippen LogP contribution < -0.4 is 10.2 Å². The van der Waals surface area contributed by atoms with E-state index in [1.807, 2.05) is 12.3 Å². The summed E-state index contributed by atoms with van der Waals surface area (Å²) in [5.41, 5.74) is 0. The first-order valence-electron chi connectivity index (χ1n) is 9.64. The van der Waals surface area contributed by atoms with Crippen molar-refractivity contribution in [3.63, 3.8) is 0 Å². The molecule has 0 bridgehead atoms. The predicted octanol–water partition coefficient (Wildman–Crippen LogP) is 1.51. The largest absolute Gasteiger partial charge is 0.378 e. The van der Waals surface area contributed by atoms with E-state index in [9.17, 15) is 0 Å². The van der Waals surface area contributed by atoms with Gasteiger partial charge in [-0.1, -0.05) is 19.0 Å². The van der Waals surface area contributed by atoms with Crippen molar-refractivity contribution in [2.45, 2.75) is 38.8 Å². The van der Waals surface area contributed by atoms with Crippen LogP contribution in [0.4, 0.5) is 11.8 Å². The van der Waals surface area contributed by atoms with Gasteiger partial charge >= 0.3 is 0 Å². The number of morpholine rings is 1. The van der Waals surface area contributed by atoms with Crippen LogP contribution in [0.15, 0.2) is 16.8 Å². The Hall–Kier alpha value is -2.26. The molecule has 9 nitrogen and oxygen atoms in total. The summed E-state index contributed by atoms with van der Waals surface area (Å²) in [5.74, 6) is 3.38. The minimum atomic E-state index is 0.284. The van der Waals surface area contributed by atoms with Crippen LogP contribution in [0.25, 0.3) is 0 Å². The van der Waals surface area contributed by atoms with Gasteiger partial charge in [-0.2, -0.15) is 9.97 Å². The smallest absolute Gasteiger partial charge is 0.240 e. The molecule has 2 aromatic heterocycles. The van der Waals surface area contributed by atoms with Crippen LogP contribution >= 0.6 is 0 Å². The zero-order valence-corrected chi connectivity index (χ0v) is 16.0. The molecule has 4 rings (SSSR count). The Bertz CT molecular complexity index is 745. The molecule has 1 atom stereocenters. The van der Waals surface area contributed by atoms with Crippen molar-refractivity contribution in [1.29, 1.82) is 0 Å². The summed E-state index contributed by atoms with van der Waals surface area (Å²) >= 11 is 0. The Kier molecular flexibility index (Phi) is 5.49. The molecule has 1 unspecified atom stereocenters. The zero-order valence-electron chi connectivity index (χ0n) is 16.0. The van der Waals surface area contributed by atoms with Crippen LogP contribution in [-0.4, -0.2) is 70.4 Å². The standard InChI is InChI=1S/C18H27N7O2/c1-13(2)17-22-16(27-23-17)12-24-6-4-14(11-24)20-18-19-5-3-15(21-18)25-7-9-26-10-8-25/h3,5,13-14H,4,6-12H2,1-2H3,(H,19,20,21). The van der Waals surface area contributed by atoms with Crippen molar-refractivity contribution in [1.82, 2.24) is 25.0 Å². The van der Waals surface area contributed by atoms with Gasteiger partial charge in [0, 0.05) is 44.3 Å². The minimum Gasteiger partial charge on any atom is -0.378 e. The van der Waals surface area contributed by atoms with Crippen molar-refractivity contribution < 1.29 is 9.26 Å². The molecular formula is C18H27N7O2. The lowest BCUT2D eigenvalue weighted by molar-refractivity contribution is 0.122. The first-order valence-corrected chi connectivity index (χ1v) is 9.64. The minimum absolute atomic E-state index is 0.284. The maximum atomic E-state index is 5.41. The second-order valence-corrected chi connectivity index (χ2v) is 7.40. The van der Waals surface area contributed by atoms with Crippen LogP contribution in [0.2, 0.25) is 0 Å². The first kappa shape index (κ1) is 18.1. The highest BCUT2D eigenvalue weighted by Crippen LogP contribution is 2.19. The third-order valence-corrected chi connectivity index (χ3v) is 4.94. The fourth-order valence-corrected chi connectivity index (χ4v) is 3.42. The summed E-state index contributed by atoms with van der Waals surface area (Å²) in [6.45, 7) is 9.95. The lowest BCUT2D eigenvalue weighted by Crippen LogP contribution is -2.37. The summed E-state index contributed by atoms with van der Waals surface area (Å²) < 4.78 is 10.8. The highest BCUT2D eigenvalue weighted by atomic mass is 16.5. The van der Waals surface area contributed by atoms with Crippen molar-refractivity contribution >= 4 is 11.8 Å². The highest BCUT2D eigenvalue weighted by molar-refractivity contribution is 5.43. The lowest BCUT2D eigenvalue weighted by Gasteiger charge is -2.28. The topological polar surface area (TPSA) is 92.4 Å². The zero-order chi connectivity index (χ0) is 18.6. The molecule has 1 N–H and O–H groups in total. The molecule has 4 heterocycles. The molecule has 0 aliphatic carbocycles. The van der Waals surface area contributed by atoms with Gasteiger partial charge < -0.3 is 19.5 Å². The number of likely N-dealkylation sites (tertiary alicyclic amines) is 1.